The van der Waals surface area contributed by atoms with Crippen molar-refractivity contribution in [2.75, 3.05) is 12.4 Å². The van der Waals surface area contributed by atoms with Crippen molar-refractivity contribution in [2.45, 2.75) is 19.8 Å². The summed E-state index contributed by atoms with van der Waals surface area (Å²) in [4.78, 5) is 25.3. The van der Waals surface area contributed by atoms with Gasteiger partial charge in [0, 0.05) is 22.9 Å². The lowest BCUT2D eigenvalue weighted by Gasteiger charge is -2.09. The van der Waals surface area contributed by atoms with Crippen LogP contribution in [0.3, 0.4) is 0 Å². The van der Waals surface area contributed by atoms with Crippen LogP contribution in [-0.2, 0) is 0 Å². The van der Waals surface area contributed by atoms with Gasteiger partial charge in [-0.1, -0.05) is 44.2 Å². The van der Waals surface area contributed by atoms with E-state index >= 15 is 0 Å². The average Bonchev–Trinajstić information content (AvgIpc) is 2.79. The summed E-state index contributed by atoms with van der Waals surface area (Å²) in [5.74, 6) is 1.26. The highest BCUT2D eigenvalue weighted by molar-refractivity contribution is 6.05. The molecule has 0 saturated heterocycles. The molecular weight excluding hydrogens is 390 g/mol. The molecule has 3 aromatic carbocycles. The number of benzene rings is 3. The Hall–Kier alpha value is -3.86. The lowest BCUT2D eigenvalue weighted by atomic mass is 10.0. The molecule has 0 unspecified atom stereocenters. The van der Waals surface area contributed by atoms with Crippen molar-refractivity contribution in [3.63, 3.8) is 0 Å². The third kappa shape index (κ3) is 4.36. The SMILES string of the molecule is COc1cccc(C(=O)Nc2ccc3oc(-c4ccc(C(C)C)cc4)cc(=O)c3c2)c1. The number of hydrogen-bond donors (Lipinski definition) is 1. The Morgan fingerprint density at radius 3 is 2.45 bits per heavy atom. The molecule has 1 N–H and O–H groups in total. The van der Waals surface area contributed by atoms with Crippen LogP contribution in [0.5, 0.6) is 5.75 Å². The molecule has 0 atom stereocenters. The topological polar surface area (TPSA) is 68.5 Å². The summed E-state index contributed by atoms with van der Waals surface area (Å²) in [5.41, 5.74) is 3.35. The summed E-state index contributed by atoms with van der Waals surface area (Å²) in [6.45, 7) is 4.27. The number of nitrogens with one attached hydrogen (secondary N) is 1. The molecule has 1 amide bonds. The Bertz CT molecular complexity index is 1300. The third-order valence-corrected chi connectivity index (χ3v) is 5.18. The molecule has 5 heteroatoms. The molecule has 1 aromatic heterocycles. The number of amides is 1. The number of carbonyl (C=O) groups excluding carboxylic acids is 1. The number of anilines is 1. The van der Waals surface area contributed by atoms with Crippen LogP contribution in [0, 0.1) is 0 Å². The minimum absolute atomic E-state index is 0.165. The normalized spacial score (nSPS) is 11.0. The number of methoxy groups -OCH3 is 1. The molecule has 0 radical (unpaired) electrons. The number of rotatable bonds is 5. The molecule has 4 aromatic rings. The summed E-state index contributed by atoms with van der Waals surface area (Å²) < 4.78 is 11.1. The van der Waals surface area contributed by atoms with Gasteiger partial charge in [0.15, 0.2) is 5.43 Å². The predicted octanol–water partition coefficient (Wildman–Crippen LogP) is 5.84. The van der Waals surface area contributed by atoms with E-state index in [0.717, 1.165) is 5.56 Å². The number of fused-ring (bicyclic) bond motifs is 1. The maximum Gasteiger partial charge on any atom is 0.255 e. The highest BCUT2D eigenvalue weighted by Gasteiger charge is 2.11. The van der Waals surface area contributed by atoms with E-state index in [2.05, 4.69) is 19.2 Å². The minimum Gasteiger partial charge on any atom is -0.497 e. The third-order valence-electron chi connectivity index (χ3n) is 5.18. The fraction of sp³-hybridized carbons (Fsp3) is 0.154. The Morgan fingerprint density at radius 2 is 1.74 bits per heavy atom. The molecule has 0 spiro atoms. The first-order chi connectivity index (χ1) is 14.9. The van der Waals surface area contributed by atoms with Crippen LogP contribution in [0.2, 0.25) is 0 Å². The van der Waals surface area contributed by atoms with Gasteiger partial charge in [0.05, 0.1) is 12.5 Å². The van der Waals surface area contributed by atoms with Crippen LogP contribution in [-0.4, -0.2) is 13.0 Å². The lowest BCUT2D eigenvalue weighted by molar-refractivity contribution is 0.102. The molecule has 1 heterocycles. The van der Waals surface area contributed by atoms with Crippen LogP contribution < -0.4 is 15.5 Å². The van der Waals surface area contributed by atoms with E-state index in [1.807, 2.05) is 24.3 Å². The van der Waals surface area contributed by atoms with Crippen molar-refractivity contribution in [1.82, 2.24) is 0 Å². The first-order valence-corrected chi connectivity index (χ1v) is 10.1. The highest BCUT2D eigenvalue weighted by Crippen LogP contribution is 2.26. The van der Waals surface area contributed by atoms with E-state index in [-0.39, 0.29) is 11.3 Å². The first-order valence-electron chi connectivity index (χ1n) is 10.1. The maximum atomic E-state index is 12.8. The highest BCUT2D eigenvalue weighted by atomic mass is 16.5. The van der Waals surface area contributed by atoms with Crippen molar-refractivity contribution < 1.29 is 13.9 Å². The van der Waals surface area contributed by atoms with Gasteiger partial charge >= 0.3 is 0 Å². The molecule has 0 fully saturated rings. The monoisotopic (exact) mass is 413 g/mol. The molecule has 0 aliphatic heterocycles. The molecule has 4 rings (SSSR count). The largest absolute Gasteiger partial charge is 0.497 e. The Morgan fingerprint density at radius 1 is 0.968 bits per heavy atom. The molecule has 0 aliphatic carbocycles. The molecule has 0 saturated carbocycles. The molecule has 0 aliphatic rings. The zero-order valence-corrected chi connectivity index (χ0v) is 17.6. The van der Waals surface area contributed by atoms with Gasteiger partial charge in [0.1, 0.15) is 17.1 Å². The molecular formula is C26H23NO4. The van der Waals surface area contributed by atoms with E-state index in [1.54, 1.807) is 49.6 Å². The van der Waals surface area contributed by atoms with Gasteiger partial charge < -0.3 is 14.5 Å². The number of ether oxygens (including phenoxy) is 1. The second-order valence-electron chi connectivity index (χ2n) is 7.65. The van der Waals surface area contributed by atoms with Gasteiger partial charge in [-0.2, -0.15) is 0 Å². The maximum absolute atomic E-state index is 12.8. The average molecular weight is 413 g/mol. The van der Waals surface area contributed by atoms with Crippen molar-refractivity contribution >= 4 is 22.6 Å². The van der Waals surface area contributed by atoms with Crippen molar-refractivity contribution in [3.8, 4) is 17.1 Å². The Kier molecular flexibility index (Phi) is 5.58. The van der Waals surface area contributed by atoms with Crippen LogP contribution in [0.1, 0.15) is 35.7 Å². The van der Waals surface area contributed by atoms with Gasteiger partial charge in [0.2, 0.25) is 0 Å². The molecule has 31 heavy (non-hydrogen) atoms. The summed E-state index contributed by atoms with van der Waals surface area (Å²) in [6.07, 6.45) is 0. The van der Waals surface area contributed by atoms with E-state index in [9.17, 15) is 9.59 Å². The minimum atomic E-state index is -0.287. The van der Waals surface area contributed by atoms with Crippen molar-refractivity contribution in [1.29, 1.82) is 0 Å². The van der Waals surface area contributed by atoms with Crippen LogP contribution in [0.4, 0.5) is 5.69 Å². The fourth-order valence-electron chi connectivity index (χ4n) is 3.38. The van der Waals surface area contributed by atoms with E-state index in [1.165, 1.54) is 11.6 Å². The first kappa shape index (κ1) is 20.4. The zero-order chi connectivity index (χ0) is 22.0. The van der Waals surface area contributed by atoms with Crippen molar-refractivity contribution in [3.05, 3.63) is 94.1 Å². The van der Waals surface area contributed by atoms with Gasteiger partial charge in [-0.3, -0.25) is 9.59 Å². The fourth-order valence-corrected chi connectivity index (χ4v) is 3.38. The number of carbonyl (C=O) groups is 1. The van der Waals surface area contributed by atoms with Crippen LogP contribution in [0.25, 0.3) is 22.3 Å². The van der Waals surface area contributed by atoms with Crippen LogP contribution in [0.15, 0.2) is 82.0 Å². The number of hydrogen-bond acceptors (Lipinski definition) is 4. The standard InChI is InChI=1S/C26H23NO4/c1-16(2)17-7-9-18(10-8-17)25-15-23(28)22-14-20(11-12-24(22)31-25)27-26(29)19-5-4-6-21(13-19)30-3/h4-16H,1-3H3,(H,27,29). The summed E-state index contributed by atoms with van der Waals surface area (Å²) in [6, 6.07) is 21.4. The van der Waals surface area contributed by atoms with E-state index in [4.69, 9.17) is 9.15 Å². The summed E-state index contributed by atoms with van der Waals surface area (Å²) >= 11 is 0. The van der Waals surface area contributed by atoms with Gasteiger partial charge in [0.25, 0.3) is 5.91 Å². The van der Waals surface area contributed by atoms with E-state index < -0.39 is 0 Å². The summed E-state index contributed by atoms with van der Waals surface area (Å²) in [7, 11) is 1.55. The second-order valence-corrected chi connectivity index (χ2v) is 7.65. The van der Waals surface area contributed by atoms with Gasteiger partial charge in [-0.05, 0) is 47.9 Å². The zero-order valence-electron chi connectivity index (χ0n) is 17.6. The summed E-state index contributed by atoms with van der Waals surface area (Å²) in [5, 5.41) is 3.23. The van der Waals surface area contributed by atoms with Gasteiger partial charge in [-0.15, -0.1) is 0 Å². The van der Waals surface area contributed by atoms with Crippen molar-refractivity contribution in [2.24, 2.45) is 0 Å². The Labute approximate surface area is 180 Å². The van der Waals surface area contributed by atoms with E-state index in [0.29, 0.717) is 39.6 Å². The second kappa shape index (κ2) is 8.48. The van der Waals surface area contributed by atoms with Gasteiger partial charge in [-0.25, -0.2) is 0 Å². The molecule has 5 nitrogen and oxygen atoms in total. The molecule has 156 valence electrons. The molecule has 0 bridgehead atoms. The van der Waals surface area contributed by atoms with Crippen LogP contribution >= 0.6 is 0 Å². The lowest BCUT2D eigenvalue weighted by Crippen LogP contribution is -2.12. The Balaban J connectivity index is 1.62. The predicted molar refractivity (Wildman–Crippen MR) is 123 cm³/mol. The quantitative estimate of drug-likeness (QED) is 0.446. The smallest absolute Gasteiger partial charge is 0.255 e.